The largest absolute Gasteiger partial charge is 0.360 e. The molecule has 11 heavy (non-hydrogen) atoms. The molecule has 1 aromatic rings. The summed E-state index contributed by atoms with van der Waals surface area (Å²) < 4.78 is 5.29. The van der Waals surface area contributed by atoms with Crippen molar-refractivity contribution >= 4 is 0 Å². The van der Waals surface area contributed by atoms with E-state index in [-0.39, 0.29) is 12.2 Å². The first-order valence-electron chi connectivity index (χ1n) is 3.60. The van der Waals surface area contributed by atoms with Gasteiger partial charge in [-0.1, -0.05) is 12.1 Å². The second-order valence-corrected chi connectivity index (χ2v) is 2.54. The number of pyridine rings is 1. The SMILES string of the molecule is C=CC1OC1c1cccnc1. The molecular weight excluding hydrogens is 138 g/mol. The molecule has 1 aliphatic heterocycles. The highest BCUT2D eigenvalue weighted by Crippen LogP contribution is 2.38. The van der Waals surface area contributed by atoms with Gasteiger partial charge >= 0.3 is 0 Å². The van der Waals surface area contributed by atoms with Gasteiger partial charge in [-0.15, -0.1) is 6.58 Å². The molecule has 1 saturated heterocycles. The maximum Gasteiger partial charge on any atom is 0.115 e. The third kappa shape index (κ3) is 1.17. The molecule has 2 heterocycles. The van der Waals surface area contributed by atoms with Crippen LogP contribution in [0.1, 0.15) is 11.7 Å². The Labute approximate surface area is 65.5 Å². The maximum absolute atomic E-state index is 5.29. The van der Waals surface area contributed by atoms with Crippen LogP contribution in [0.5, 0.6) is 0 Å². The molecule has 0 amide bonds. The van der Waals surface area contributed by atoms with E-state index in [1.807, 2.05) is 24.4 Å². The van der Waals surface area contributed by atoms with Crippen LogP contribution in [0.15, 0.2) is 37.2 Å². The van der Waals surface area contributed by atoms with Gasteiger partial charge in [-0.05, 0) is 6.07 Å². The normalized spacial score (nSPS) is 28.0. The third-order valence-electron chi connectivity index (χ3n) is 1.77. The number of epoxide rings is 1. The van der Waals surface area contributed by atoms with E-state index in [9.17, 15) is 0 Å². The number of nitrogens with zero attached hydrogens (tertiary/aromatic N) is 1. The zero-order valence-electron chi connectivity index (χ0n) is 6.10. The van der Waals surface area contributed by atoms with Crippen LogP contribution >= 0.6 is 0 Å². The van der Waals surface area contributed by atoms with Crippen LogP contribution in [-0.4, -0.2) is 11.1 Å². The average molecular weight is 147 g/mol. The van der Waals surface area contributed by atoms with Gasteiger partial charge in [0.05, 0.1) is 0 Å². The van der Waals surface area contributed by atoms with Crippen molar-refractivity contribution in [2.24, 2.45) is 0 Å². The summed E-state index contributed by atoms with van der Waals surface area (Å²) in [5.41, 5.74) is 1.14. The van der Waals surface area contributed by atoms with Gasteiger partial charge in [-0.25, -0.2) is 0 Å². The summed E-state index contributed by atoms with van der Waals surface area (Å²) in [7, 11) is 0. The topological polar surface area (TPSA) is 25.4 Å². The zero-order valence-corrected chi connectivity index (χ0v) is 6.10. The highest BCUT2D eigenvalue weighted by Gasteiger charge is 2.37. The van der Waals surface area contributed by atoms with Crippen LogP contribution in [0.25, 0.3) is 0 Å². The van der Waals surface area contributed by atoms with Crippen molar-refractivity contribution in [3.05, 3.63) is 42.7 Å². The average Bonchev–Trinajstić information content (AvgIpc) is 2.85. The van der Waals surface area contributed by atoms with E-state index >= 15 is 0 Å². The van der Waals surface area contributed by atoms with Gasteiger partial charge in [0.25, 0.3) is 0 Å². The molecule has 2 nitrogen and oxygen atoms in total. The van der Waals surface area contributed by atoms with Gasteiger partial charge in [0, 0.05) is 18.0 Å². The first-order chi connectivity index (χ1) is 5.42. The Morgan fingerprint density at radius 3 is 3.09 bits per heavy atom. The lowest BCUT2D eigenvalue weighted by molar-refractivity contribution is 0.394. The Kier molecular flexibility index (Phi) is 1.47. The number of rotatable bonds is 2. The summed E-state index contributed by atoms with van der Waals surface area (Å²) in [6.07, 6.45) is 5.82. The molecule has 0 spiro atoms. The number of hydrogen-bond acceptors (Lipinski definition) is 2. The molecule has 0 bridgehead atoms. The third-order valence-corrected chi connectivity index (χ3v) is 1.77. The molecule has 2 unspecified atom stereocenters. The van der Waals surface area contributed by atoms with Crippen LogP contribution in [0.2, 0.25) is 0 Å². The van der Waals surface area contributed by atoms with Gasteiger partial charge < -0.3 is 4.74 Å². The van der Waals surface area contributed by atoms with Crippen molar-refractivity contribution in [2.45, 2.75) is 12.2 Å². The molecule has 56 valence electrons. The molecule has 1 fully saturated rings. The lowest BCUT2D eigenvalue weighted by Crippen LogP contribution is -1.84. The lowest BCUT2D eigenvalue weighted by atomic mass is 10.2. The zero-order chi connectivity index (χ0) is 7.68. The van der Waals surface area contributed by atoms with Crippen molar-refractivity contribution in [3.8, 4) is 0 Å². The molecule has 0 N–H and O–H groups in total. The van der Waals surface area contributed by atoms with Gasteiger partial charge in [0.15, 0.2) is 0 Å². The van der Waals surface area contributed by atoms with Crippen LogP contribution in [0.4, 0.5) is 0 Å². The fraction of sp³-hybridized carbons (Fsp3) is 0.222. The molecule has 0 aliphatic carbocycles. The predicted molar refractivity (Wildman–Crippen MR) is 42.0 cm³/mol. The van der Waals surface area contributed by atoms with Crippen LogP contribution in [-0.2, 0) is 4.74 Å². The van der Waals surface area contributed by atoms with E-state index in [1.165, 1.54) is 0 Å². The smallest absolute Gasteiger partial charge is 0.115 e. The Bertz CT molecular complexity index is 258. The van der Waals surface area contributed by atoms with E-state index < -0.39 is 0 Å². The van der Waals surface area contributed by atoms with Crippen LogP contribution in [0.3, 0.4) is 0 Å². The number of aromatic nitrogens is 1. The van der Waals surface area contributed by atoms with Gasteiger partial charge in [-0.3, -0.25) is 4.98 Å². The van der Waals surface area contributed by atoms with Crippen molar-refractivity contribution < 1.29 is 4.74 Å². The van der Waals surface area contributed by atoms with E-state index in [4.69, 9.17) is 4.74 Å². The van der Waals surface area contributed by atoms with E-state index in [0.29, 0.717) is 0 Å². The number of hydrogen-bond donors (Lipinski definition) is 0. The molecule has 0 saturated carbocycles. The Hall–Kier alpha value is -1.15. The summed E-state index contributed by atoms with van der Waals surface area (Å²) in [6.45, 7) is 3.65. The van der Waals surface area contributed by atoms with Crippen LogP contribution in [0, 0.1) is 0 Å². The first kappa shape index (κ1) is 6.55. The molecule has 1 aliphatic rings. The maximum atomic E-state index is 5.29. The molecule has 2 rings (SSSR count). The highest BCUT2D eigenvalue weighted by atomic mass is 16.6. The number of ether oxygens (including phenoxy) is 1. The Balaban J connectivity index is 2.14. The minimum atomic E-state index is 0.208. The van der Waals surface area contributed by atoms with E-state index in [1.54, 1.807) is 6.20 Å². The fourth-order valence-corrected chi connectivity index (χ4v) is 1.12. The molecular formula is C9H9NO. The lowest BCUT2D eigenvalue weighted by Gasteiger charge is -1.90. The summed E-state index contributed by atoms with van der Waals surface area (Å²) in [4.78, 5) is 4.00. The van der Waals surface area contributed by atoms with Gasteiger partial charge in [0.2, 0.25) is 0 Å². The standard InChI is InChI=1S/C9H9NO/c1-2-8-9(11-8)7-4-3-5-10-6-7/h2-6,8-9H,1H2. The monoisotopic (exact) mass is 147 g/mol. The van der Waals surface area contributed by atoms with E-state index in [2.05, 4.69) is 11.6 Å². The summed E-state index contributed by atoms with van der Waals surface area (Å²) in [5.74, 6) is 0. The van der Waals surface area contributed by atoms with Crippen molar-refractivity contribution in [1.29, 1.82) is 0 Å². The van der Waals surface area contributed by atoms with Gasteiger partial charge in [-0.2, -0.15) is 0 Å². The minimum Gasteiger partial charge on any atom is -0.360 e. The second kappa shape index (κ2) is 2.47. The second-order valence-electron chi connectivity index (χ2n) is 2.54. The minimum absolute atomic E-state index is 0.208. The molecule has 0 radical (unpaired) electrons. The molecule has 1 aromatic heterocycles. The predicted octanol–water partition coefficient (Wildman–Crippen LogP) is 1.71. The highest BCUT2D eigenvalue weighted by molar-refractivity contribution is 5.20. The van der Waals surface area contributed by atoms with Gasteiger partial charge in [0.1, 0.15) is 12.2 Å². The van der Waals surface area contributed by atoms with Crippen molar-refractivity contribution in [3.63, 3.8) is 0 Å². The fourth-order valence-electron chi connectivity index (χ4n) is 1.12. The molecule has 0 aromatic carbocycles. The Morgan fingerprint density at radius 1 is 1.64 bits per heavy atom. The quantitative estimate of drug-likeness (QED) is 0.470. The summed E-state index contributed by atoms with van der Waals surface area (Å²) in [5, 5.41) is 0. The van der Waals surface area contributed by atoms with Crippen molar-refractivity contribution in [1.82, 2.24) is 4.98 Å². The summed E-state index contributed by atoms with van der Waals surface area (Å²) >= 11 is 0. The van der Waals surface area contributed by atoms with E-state index in [0.717, 1.165) is 5.56 Å². The molecule has 2 atom stereocenters. The molecule has 2 heteroatoms. The first-order valence-corrected chi connectivity index (χ1v) is 3.60. The van der Waals surface area contributed by atoms with Crippen molar-refractivity contribution in [2.75, 3.05) is 0 Å². The summed E-state index contributed by atoms with van der Waals surface area (Å²) in [6, 6.07) is 3.93. The van der Waals surface area contributed by atoms with Crippen LogP contribution < -0.4 is 0 Å². The Morgan fingerprint density at radius 2 is 2.55 bits per heavy atom.